The van der Waals surface area contributed by atoms with Crippen LogP contribution in [-0.2, 0) is 0 Å². The minimum Gasteiger partial charge on any atom is -0.162 e. The molecule has 0 spiro atoms. The minimum atomic E-state index is 1.01. The first kappa shape index (κ1) is 8.45. The molecule has 0 bridgehead atoms. The topological polar surface area (TPSA) is 0 Å². The zero-order valence-electron chi connectivity index (χ0n) is 7.26. The Kier molecular flexibility index (Phi) is 3.09. The van der Waals surface area contributed by atoms with Crippen LogP contribution in [0.3, 0.4) is 0 Å². The molecule has 1 aliphatic rings. The van der Waals surface area contributed by atoms with Crippen molar-refractivity contribution >= 4 is 11.8 Å². The third-order valence-electron chi connectivity index (χ3n) is 2.72. The van der Waals surface area contributed by atoms with Gasteiger partial charge in [-0.3, -0.25) is 0 Å². The standard InChI is InChI=1S/C9H18S/c1-4-10-6-9-7(2)5-8(9)3/h7-9H,4-6H2,1-3H3. The van der Waals surface area contributed by atoms with Crippen molar-refractivity contribution in [1.82, 2.24) is 0 Å². The van der Waals surface area contributed by atoms with Crippen LogP contribution in [0.1, 0.15) is 27.2 Å². The molecule has 0 nitrogen and oxygen atoms in total. The fraction of sp³-hybridized carbons (Fsp3) is 1.00. The molecule has 0 aromatic rings. The Hall–Kier alpha value is 0.350. The number of hydrogen-bond donors (Lipinski definition) is 0. The Morgan fingerprint density at radius 3 is 2.30 bits per heavy atom. The summed E-state index contributed by atoms with van der Waals surface area (Å²) < 4.78 is 0. The maximum Gasteiger partial charge on any atom is -0.00341 e. The third-order valence-corrected chi connectivity index (χ3v) is 3.75. The molecule has 60 valence electrons. The van der Waals surface area contributed by atoms with E-state index in [0.717, 1.165) is 17.8 Å². The second kappa shape index (κ2) is 3.66. The van der Waals surface area contributed by atoms with E-state index in [1.165, 1.54) is 17.9 Å². The number of rotatable bonds is 3. The lowest BCUT2D eigenvalue weighted by molar-refractivity contribution is 0.125. The first-order chi connectivity index (χ1) is 4.75. The second-order valence-corrected chi connectivity index (χ2v) is 4.83. The van der Waals surface area contributed by atoms with E-state index in [2.05, 4.69) is 32.5 Å². The highest BCUT2D eigenvalue weighted by Gasteiger charge is 2.33. The first-order valence-electron chi connectivity index (χ1n) is 4.33. The van der Waals surface area contributed by atoms with Gasteiger partial charge in [-0.05, 0) is 35.7 Å². The van der Waals surface area contributed by atoms with Crippen molar-refractivity contribution < 1.29 is 0 Å². The fourth-order valence-corrected chi connectivity index (χ4v) is 3.05. The van der Waals surface area contributed by atoms with E-state index in [4.69, 9.17) is 0 Å². The van der Waals surface area contributed by atoms with Gasteiger partial charge >= 0.3 is 0 Å². The van der Waals surface area contributed by atoms with Crippen molar-refractivity contribution in [3.63, 3.8) is 0 Å². The summed E-state index contributed by atoms with van der Waals surface area (Å²) in [6, 6.07) is 0. The minimum absolute atomic E-state index is 1.01. The van der Waals surface area contributed by atoms with Crippen LogP contribution in [-0.4, -0.2) is 11.5 Å². The highest BCUT2D eigenvalue weighted by Crippen LogP contribution is 2.41. The van der Waals surface area contributed by atoms with Crippen LogP contribution in [0.15, 0.2) is 0 Å². The highest BCUT2D eigenvalue weighted by molar-refractivity contribution is 7.99. The summed E-state index contributed by atoms with van der Waals surface area (Å²) in [5.41, 5.74) is 0. The predicted molar refractivity (Wildman–Crippen MR) is 49.4 cm³/mol. The monoisotopic (exact) mass is 158 g/mol. The Labute approximate surface area is 68.8 Å². The van der Waals surface area contributed by atoms with Crippen LogP contribution >= 0.6 is 11.8 Å². The summed E-state index contributed by atoms with van der Waals surface area (Å²) in [5, 5.41) is 0. The number of hydrogen-bond acceptors (Lipinski definition) is 1. The molecule has 0 amide bonds. The van der Waals surface area contributed by atoms with E-state index in [1.54, 1.807) is 0 Å². The smallest absolute Gasteiger partial charge is 0.00341 e. The van der Waals surface area contributed by atoms with E-state index in [-0.39, 0.29) is 0 Å². The Morgan fingerprint density at radius 2 is 1.90 bits per heavy atom. The van der Waals surface area contributed by atoms with E-state index in [1.807, 2.05) is 0 Å². The normalized spacial score (nSPS) is 39.3. The van der Waals surface area contributed by atoms with Crippen molar-refractivity contribution in [2.45, 2.75) is 27.2 Å². The largest absolute Gasteiger partial charge is 0.162 e. The predicted octanol–water partition coefficient (Wildman–Crippen LogP) is 3.03. The summed E-state index contributed by atoms with van der Waals surface area (Å²) in [7, 11) is 0. The molecule has 1 fully saturated rings. The molecule has 1 rings (SSSR count). The fourth-order valence-electron chi connectivity index (χ4n) is 1.88. The molecule has 0 N–H and O–H groups in total. The van der Waals surface area contributed by atoms with Crippen molar-refractivity contribution in [3.8, 4) is 0 Å². The quantitative estimate of drug-likeness (QED) is 0.608. The van der Waals surface area contributed by atoms with Crippen LogP contribution in [0.4, 0.5) is 0 Å². The zero-order valence-corrected chi connectivity index (χ0v) is 8.08. The third kappa shape index (κ3) is 1.69. The Balaban J connectivity index is 2.14. The summed E-state index contributed by atoms with van der Waals surface area (Å²) in [6.07, 6.45) is 1.47. The van der Waals surface area contributed by atoms with Crippen molar-refractivity contribution in [2.75, 3.05) is 11.5 Å². The molecule has 0 radical (unpaired) electrons. The lowest BCUT2D eigenvalue weighted by Gasteiger charge is -2.40. The molecule has 1 heteroatoms. The molecule has 0 saturated heterocycles. The molecule has 0 heterocycles. The first-order valence-corrected chi connectivity index (χ1v) is 5.49. The molecule has 2 unspecified atom stereocenters. The lowest BCUT2D eigenvalue weighted by atomic mass is 9.68. The summed E-state index contributed by atoms with van der Waals surface area (Å²) in [4.78, 5) is 0. The Bertz CT molecular complexity index is 92.9. The van der Waals surface area contributed by atoms with Crippen molar-refractivity contribution in [2.24, 2.45) is 17.8 Å². The maximum absolute atomic E-state index is 2.39. The molecule has 2 atom stereocenters. The van der Waals surface area contributed by atoms with Crippen LogP contribution < -0.4 is 0 Å². The van der Waals surface area contributed by atoms with Gasteiger partial charge in [0.05, 0.1) is 0 Å². The van der Waals surface area contributed by atoms with Gasteiger partial charge in [-0.2, -0.15) is 11.8 Å². The second-order valence-electron chi connectivity index (χ2n) is 3.51. The van der Waals surface area contributed by atoms with E-state index in [0.29, 0.717) is 0 Å². The van der Waals surface area contributed by atoms with Crippen LogP contribution in [0, 0.1) is 17.8 Å². The summed E-state index contributed by atoms with van der Waals surface area (Å²) >= 11 is 2.10. The van der Waals surface area contributed by atoms with E-state index in [9.17, 15) is 0 Å². The van der Waals surface area contributed by atoms with Gasteiger partial charge in [0.15, 0.2) is 0 Å². The van der Waals surface area contributed by atoms with Gasteiger partial charge in [0, 0.05) is 0 Å². The average Bonchev–Trinajstić information content (AvgIpc) is 1.89. The van der Waals surface area contributed by atoms with Gasteiger partial charge in [0.25, 0.3) is 0 Å². The van der Waals surface area contributed by atoms with Gasteiger partial charge in [-0.15, -0.1) is 0 Å². The van der Waals surface area contributed by atoms with Gasteiger partial charge in [0.2, 0.25) is 0 Å². The van der Waals surface area contributed by atoms with Crippen molar-refractivity contribution in [3.05, 3.63) is 0 Å². The summed E-state index contributed by atoms with van der Waals surface area (Å²) in [6.45, 7) is 7.03. The summed E-state index contributed by atoms with van der Waals surface area (Å²) in [5.74, 6) is 5.74. The zero-order chi connectivity index (χ0) is 7.56. The lowest BCUT2D eigenvalue weighted by Crippen LogP contribution is -2.34. The van der Waals surface area contributed by atoms with Crippen molar-refractivity contribution in [1.29, 1.82) is 0 Å². The van der Waals surface area contributed by atoms with Crippen LogP contribution in [0.2, 0.25) is 0 Å². The molecule has 1 saturated carbocycles. The van der Waals surface area contributed by atoms with Crippen LogP contribution in [0.5, 0.6) is 0 Å². The molecule has 10 heavy (non-hydrogen) atoms. The van der Waals surface area contributed by atoms with Gasteiger partial charge in [-0.25, -0.2) is 0 Å². The molecule has 1 aliphatic carbocycles. The molecular formula is C9H18S. The Morgan fingerprint density at radius 1 is 1.30 bits per heavy atom. The molecule has 0 aromatic heterocycles. The van der Waals surface area contributed by atoms with E-state index >= 15 is 0 Å². The van der Waals surface area contributed by atoms with E-state index < -0.39 is 0 Å². The highest BCUT2D eigenvalue weighted by atomic mass is 32.2. The van der Waals surface area contributed by atoms with Crippen LogP contribution in [0.25, 0.3) is 0 Å². The van der Waals surface area contributed by atoms with Gasteiger partial charge in [-0.1, -0.05) is 20.8 Å². The molecule has 0 aromatic carbocycles. The maximum atomic E-state index is 2.39. The number of thioether (sulfide) groups is 1. The molecular weight excluding hydrogens is 140 g/mol. The SMILES string of the molecule is CCSCC1C(C)CC1C. The molecule has 0 aliphatic heterocycles. The van der Waals surface area contributed by atoms with Gasteiger partial charge in [0.1, 0.15) is 0 Å². The average molecular weight is 158 g/mol. The van der Waals surface area contributed by atoms with Gasteiger partial charge < -0.3 is 0 Å².